The summed E-state index contributed by atoms with van der Waals surface area (Å²) < 4.78 is 0. The molecule has 70 valence electrons. The van der Waals surface area contributed by atoms with E-state index in [4.69, 9.17) is 5.11 Å². The Balaban J connectivity index is 2.59. The second-order valence-corrected chi connectivity index (χ2v) is 2.79. The third kappa shape index (κ3) is 2.83. The van der Waals surface area contributed by atoms with E-state index >= 15 is 0 Å². The van der Waals surface area contributed by atoms with Crippen LogP contribution in [-0.2, 0) is 0 Å². The molecule has 0 bridgehead atoms. The van der Waals surface area contributed by atoms with Crippen molar-refractivity contribution in [1.29, 1.82) is 0 Å². The molecule has 0 saturated carbocycles. The molecule has 0 radical (unpaired) electrons. The van der Waals surface area contributed by atoms with Crippen molar-refractivity contribution in [2.45, 2.75) is 13.0 Å². The molecule has 1 atom stereocenters. The van der Waals surface area contributed by atoms with Gasteiger partial charge in [-0.2, -0.15) is 0 Å². The lowest BCUT2D eigenvalue weighted by Gasteiger charge is -2.09. The summed E-state index contributed by atoms with van der Waals surface area (Å²) in [7, 11) is 0. The maximum Gasteiger partial charge on any atom is 0.251 e. The largest absolute Gasteiger partial charge is 0.394 e. The van der Waals surface area contributed by atoms with Crippen LogP contribution in [-0.4, -0.2) is 28.6 Å². The van der Waals surface area contributed by atoms with E-state index in [0.717, 1.165) is 0 Å². The van der Waals surface area contributed by atoms with Gasteiger partial charge in [-0.1, -0.05) is 0 Å². The summed E-state index contributed by atoms with van der Waals surface area (Å²) in [5, 5.41) is 11.3. The molecule has 0 unspecified atom stereocenters. The molecular formula is C9H12N2O2. The molecule has 2 N–H and O–H groups in total. The average Bonchev–Trinajstić information content (AvgIpc) is 2.19. The van der Waals surface area contributed by atoms with Gasteiger partial charge in [-0.25, -0.2) is 0 Å². The summed E-state index contributed by atoms with van der Waals surface area (Å²) in [6.07, 6.45) is 3.11. The molecular weight excluding hydrogens is 168 g/mol. The van der Waals surface area contributed by atoms with Gasteiger partial charge in [-0.05, 0) is 19.1 Å². The van der Waals surface area contributed by atoms with Crippen molar-refractivity contribution in [3.63, 3.8) is 0 Å². The van der Waals surface area contributed by atoms with Crippen LogP contribution in [0.5, 0.6) is 0 Å². The van der Waals surface area contributed by atoms with Gasteiger partial charge in [0.2, 0.25) is 0 Å². The van der Waals surface area contributed by atoms with Gasteiger partial charge < -0.3 is 10.4 Å². The number of rotatable bonds is 3. The highest BCUT2D eigenvalue weighted by Gasteiger charge is 2.07. The van der Waals surface area contributed by atoms with E-state index in [1.54, 1.807) is 31.5 Å². The molecule has 1 rings (SSSR count). The fraction of sp³-hybridized carbons (Fsp3) is 0.333. The Bertz CT molecular complexity index is 274. The predicted octanol–water partition coefficient (Wildman–Crippen LogP) is 0.192. The summed E-state index contributed by atoms with van der Waals surface area (Å²) in [5.74, 6) is -0.191. The van der Waals surface area contributed by atoms with Crippen molar-refractivity contribution in [2.75, 3.05) is 6.61 Å². The monoisotopic (exact) mass is 180 g/mol. The minimum atomic E-state index is -0.222. The van der Waals surface area contributed by atoms with Gasteiger partial charge in [0, 0.05) is 24.0 Å². The molecule has 0 aromatic carbocycles. The van der Waals surface area contributed by atoms with Crippen molar-refractivity contribution in [2.24, 2.45) is 0 Å². The number of amides is 1. The van der Waals surface area contributed by atoms with E-state index in [9.17, 15) is 4.79 Å². The van der Waals surface area contributed by atoms with Gasteiger partial charge in [0.1, 0.15) is 0 Å². The molecule has 1 amide bonds. The first kappa shape index (κ1) is 9.67. The van der Waals surface area contributed by atoms with Gasteiger partial charge in [0.05, 0.1) is 6.61 Å². The first-order valence-electron chi connectivity index (χ1n) is 4.06. The van der Waals surface area contributed by atoms with Crippen molar-refractivity contribution >= 4 is 5.91 Å². The molecule has 4 nitrogen and oxygen atoms in total. The van der Waals surface area contributed by atoms with Crippen LogP contribution in [0.3, 0.4) is 0 Å². The summed E-state index contributed by atoms with van der Waals surface area (Å²) >= 11 is 0. The normalized spacial score (nSPS) is 12.2. The number of aromatic nitrogens is 1. The minimum absolute atomic E-state index is 0.0587. The number of nitrogens with zero attached hydrogens (tertiary/aromatic N) is 1. The van der Waals surface area contributed by atoms with Crippen LogP contribution in [0, 0.1) is 0 Å². The molecule has 0 aliphatic rings. The van der Waals surface area contributed by atoms with E-state index in [1.165, 1.54) is 0 Å². The topological polar surface area (TPSA) is 62.2 Å². The van der Waals surface area contributed by atoms with Crippen molar-refractivity contribution in [3.8, 4) is 0 Å². The number of nitrogens with one attached hydrogen (secondary N) is 1. The Morgan fingerprint density at radius 1 is 1.62 bits per heavy atom. The first-order valence-corrected chi connectivity index (χ1v) is 4.06. The lowest BCUT2D eigenvalue weighted by molar-refractivity contribution is 0.0922. The third-order valence-electron chi connectivity index (χ3n) is 1.59. The summed E-state index contributed by atoms with van der Waals surface area (Å²) in [6.45, 7) is 1.68. The minimum Gasteiger partial charge on any atom is -0.394 e. The van der Waals surface area contributed by atoms with Gasteiger partial charge in [0.25, 0.3) is 5.91 Å². The fourth-order valence-electron chi connectivity index (χ4n) is 0.856. The van der Waals surface area contributed by atoms with E-state index in [2.05, 4.69) is 10.3 Å². The van der Waals surface area contributed by atoms with E-state index in [0.29, 0.717) is 5.56 Å². The maximum absolute atomic E-state index is 11.4. The molecule has 4 heteroatoms. The highest BCUT2D eigenvalue weighted by atomic mass is 16.3. The molecule has 0 aliphatic carbocycles. The van der Waals surface area contributed by atoms with Gasteiger partial charge in [-0.15, -0.1) is 0 Å². The highest BCUT2D eigenvalue weighted by Crippen LogP contribution is 1.96. The van der Waals surface area contributed by atoms with Crippen LogP contribution in [0.1, 0.15) is 17.3 Å². The number of aliphatic hydroxyl groups is 1. The molecule has 1 aromatic heterocycles. The molecule has 0 saturated heterocycles. The smallest absolute Gasteiger partial charge is 0.251 e. The summed E-state index contributed by atoms with van der Waals surface area (Å²) in [6, 6.07) is 3.03. The maximum atomic E-state index is 11.4. The zero-order valence-corrected chi connectivity index (χ0v) is 7.40. The van der Waals surface area contributed by atoms with E-state index in [1.807, 2.05) is 0 Å². The molecule has 13 heavy (non-hydrogen) atoms. The summed E-state index contributed by atoms with van der Waals surface area (Å²) in [4.78, 5) is 15.2. The van der Waals surface area contributed by atoms with Gasteiger partial charge in [-0.3, -0.25) is 9.78 Å². The second kappa shape index (κ2) is 4.57. The Morgan fingerprint density at radius 2 is 2.23 bits per heavy atom. The van der Waals surface area contributed by atoms with Crippen LogP contribution < -0.4 is 5.32 Å². The number of pyridine rings is 1. The number of carbonyl (C=O) groups excluding carboxylic acids is 1. The van der Waals surface area contributed by atoms with Crippen LogP contribution >= 0.6 is 0 Å². The first-order chi connectivity index (χ1) is 6.24. The predicted molar refractivity (Wildman–Crippen MR) is 48.3 cm³/mol. The zero-order chi connectivity index (χ0) is 9.68. The summed E-state index contributed by atoms with van der Waals surface area (Å²) in [5.41, 5.74) is 0.551. The van der Waals surface area contributed by atoms with E-state index in [-0.39, 0.29) is 18.6 Å². The molecule has 0 spiro atoms. The Hall–Kier alpha value is -1.42. The van der Waals surface area contributed by atoms with E-state index < -0.39 is 0 Å². The van der Waals surface area contributed by atoms with Crippen molar-refractivity contribution in [1.82, 2.24) is 10.3 Å². The number of hydrogen-bond donors (Lipinski definition) is 2. The average molecular weight is 180 g/mol. The third-order valence-corrected chi connectivity index (χ3v) is 1.59. The lowest BCUT2D eigenvalue weighted by atomic mass is 10.2. The molecule has 0 aliphatic heterocycles. The second-order valence-electron chi connectivity index (χ2n) is 2.79. The quantitative estimate of drug-likeness (QED) is 0.698. The van der Waals surface area contributed by atoms with Crippen molar-refractivity contribution < 1.29 is 9.90 Å². The van der Waals surface area contributed by atoms with Crippen LogP contribution in [0.2, 0.25) is 0 Å². The Morgan fingerprint density at radius 3 is 2.77 bits per heavy atom. The number of hydrogen-bond acceptors (Lipinski definition) is 3. The standard InChI is InChI=1S/C9H12N2O2/c1-7(6-12)11-9(13)8-2-4-10-5-3-8/h2-5,7,12H,6H2,1H3,(H,11,13)/t7-/m1/s1. The lowest BCUT2D eigenvalue weighted by Crippen LogP contribution is -2.34. The fourth-order valence-corrected chi connectivity index (χ4v) is 0.856. The zero-order valence-electron chi connectivity index (χ0n) is 7.40. The van der Waals surface area contributed by atoms with Crippen LogP contribution in [0.15, 0.2) is 24.5 Å². The number of aliphatic hydroxyl groups excluding tert-OH is 1. The van der Waals surface area contributed by atoms with Gasteiger partial charge >= 0.3 is 0 Å². The SMILES string of the molecule is C[C@H](CO)NC(=O)c1ccncc1. The number of carbonyl (C=O) groups is 1. The molecule has 1 heterocycles. The highest BCUT2D eigenvalue weighted by molar-refractivity contribution is 5.94. The Kier molecular flexibility index (Phi) is 3.40. The van der Waals surface area contributed by atoms with Crippen LogP contribution in [0.25, 0.3) is 0 Å². The molecule has 0 fully saturated rings. The van der Waals surface area contributed by atoms with Gasteiger partial charge in [0.15, 0.2) is 0 Å². The van der Waals surface area contributed by atoms with Crippen LogP contribution in [0.4, 0.5) is 0 Å². The molecule has 1 aromatic rings. The van der Waals surface area contributed by atoms with Crippen molar-refractivity contribution in [3.05, 3.63) is 30.1 Å². The Labute approximate surface area is 76.6 Å².